The molecule has 3 rings (SSSR count). The average Bonchev–Trinajstić information content (AvgIpc) is 2.46. The molecule has 19 heavy (non-hydrogen) atoms. The summed E-state index contributed by atoms with van der Waals surface area (Å²) in [4.78, 5) is 9.41. The zero-order valence-corrected chi connectivity index (χ0v) is 11.7. The summed E-state index contributed by atoms with van der Waals surface area (Å²) in [6, 6.07) is 16.5. The zero-order valence-electron chi connectivity index (χ0n) is 10.1. The van der Waals surface area contributed by atoms with Gasteiger partial charge >= 0.3 is 0 Å². The third-order valence-corrected chi connectivity index (χ3v) is 4.17. The quantitative estimate of drug-likeness (QED) is 0.521. The predicted molar refractivity (Wildman–Crippen MR) is 80.6 cm³/mol. The zero-order chi connectivity index (χ0) is 13.1. The SMILES string of the molecule is Clc1ncnc2cc(SCc3ccccc3)ccc12. The number of benzene rings is 2. The molecule has 1 aromatic heterocycles. The van der Waals surface area contributed by atoms with Gasteiger partial charge < -0.3 is 0 Å². The number of hydrogen-bond acceptors (Lipinski definition) is 3. The molecule has 3 aromatic rings. The maximum Gasteiger partial charge on any atom is 0.140 e. The van der Waals surface area contributed by atoms with Gasteiger partial charge in [0.05, 0.1) is 5.52 Å². The average molecular weight is 287 g/mol. The lowest BCUT2D eigenvalue weighted by Crippen LogP contribution is -1.85. The Hall–Kier alpha value is -1.58. The fourth-order valence-electron chi connectivity index (χ4n) is 1.83. The standard InChI is InChI=1S/C15H11ClN2S/c16-15-13-7-6-12(8-14(13)17-10-18-15)19-9-11-4-2-1-3-5-11/h1-8,10H,9H2. The van der Waals surface area contributed by atoms with Gasteiger partial charge in [-0.05, 0) is 23.8 Å². The van der Waals surface area contributed by atoms with Gasteiger partial charge in [0.2, 0.25) is 0 Å². The second kappa shape index (κ2) is 5.59. The third kappa shape index (κ3) is 2.88. The normalized spacial score (nSPS) is 10.8. The molecule has 0 aliphatic heterocycles. The molecule has 0 aliphatic rings. The van der Waals surface area contributed by atoms with E-state index in [-0.39, 0.29) is 0 Å². The van der Waals surface area contributed by atoms with Gasteiger partial charge in [-0.3, -0.25) is 0 Å². The van der Waals surface area contributed by atoms with Crippen LogP contribution in [0, 0.1) is 0 Å². The highest BCUT2D eigenvalue weighted by Crippen LogP contribution is 2.27. The van der Waals surface area contributed by atoms with Crippen LogP contribution < -0.4 is 0 Å². The number of thioether (sulfide) groups is 1. The van der Waals surface area contributed by atoms with Crippen molar-refractivity contribution in [1.82, 2.24) is 9.97 Å². The molecule has 2 aromatic carbocycles. The number of rotatable bonds is 3. The van der Waals surface area contributed by atoms with Gasteiger partial charge in [0.1, 0.15) is 11.5 Å². The van der Waals surface area contributed by atoms with Crippen molar-refractivity contribution >= 4 is 34.3 Å². The summed E-state index contributed by atoms with van der Waals surface area (Å²) in [6.07, 6.45) is 1.50. The maximum atomic E-state index is 6.02. The van der Waals surface area contributed by atoms with Crippen LogP contribution in [0.15, 0.2) is 59.8 Å². The molecule has 0 aliphatic carbocycles. The van der Waals surface area contributed by atoms with Gasteiger partial charge in [-0.2, -0.15) is 0 Å². The second-order valence-corrected chi connectivity index (χ2v) is 5.52. The molecule has 0 saturated heterocycles. The lowest BCUT2D eigenvalue weighted by Gasteiger charge is -2.04. The topological polar surface area (TPSA) is 25.8 Å². The Morgan fingerprint density at radius 2 is 1.84 bits per heavy atom. The first-order chi connectivity index (χ1) is 9.33. The largest absolute Gasteiger partial charge is 0.236 e. The predicted octanol–water partition coefficient (Wildman–Crippen LogP) is 4.58. The van der Waals surface area contributed by atoms with E-state index in [1.807, 2.05) is 12.1 Å². The fourth-order valence-corrected chi connectivity index (χ4v) is 2.92. The van der Waals surface area contributed by atoms with Crippen molar-refractivity contribution in [2.45, 2.75) is 10.6 Å². The minimum atomic E-state index is 0.504. The molecule has 4 heteroatoms. The van der Waals surface area contributed by atoms with Crippen molar-refractivity contribution in [3.05, 3.63) is 65.6 Å². The van der Waals surface area contributed by atoms with Gasteiger partial charge in [0, 0.05) is 16.0 Å². The van der Waals surface area contributed by atoms with Crippen LogP contribution in [0.4, 0.5) is 0 Å². The van der Waals surface area contributed by atoms with Crippen LogP contribution in [0.1, 0.15) is 5.56 Å². The molecule has 1 heterocycles. The minimum Gasteiger partial charge on any atom is -0.236 e. The summed E-state index contributed by atoms with van der Waals surface area (Å²) in [5.41, 5.74) is 2.20. The van der Waals surface area contributed by atoms with E-state index in [2.05, 4.69) is 46.4 Å². The first-order valence-electron chi connectivity index (χ1n) is 5.90. The van der Waals surface area contributed by atoms with Crippen molar-refractivity contribution in [2.24, 2.45) is 0 Å². The van der Waals surface area contributed by atoms with Crippen LogP contribution >= 0.6 is 23.4 Å². The molecule has 0 atom stereocenters. The Kier molecular flexibility index (Phi) is 3.67. The van der Waals surface area contributed by atoms with Crippen LogP contribution in [0.5, 0.6) is 0 Å². The number of aromatic nitrogens is 2. The molecule has 2 nitrogen and oxygen atoms in total. The Morgan fingerprint density at radius 3 is 2.68 bits per heavy atom. The maximum absolute atomic E-state index is 6.02. The Morgan fingerprint density at radius 1 is 1.00 bits per heavy atom. The molecular weight excluding hydrogens is 276 g/mol. The lowest BCUT2D eigenvalue weighted by molar-refractivity contribution is 1.21. The van der Waals surface area contributed by atoms with Gasteiger partial charge in [-0.25, -0.2) is 9.97 Å². The Balaban J connectivity index is 1.82. The van der Waals surface area contributed by atoms with E-state index in [0.717, 1.165) is 16.7 Å². The third-order valence-electron chi connectivity index (χ3n) is 2.81. The van der Waals surface area contributed by atoms with Crippen LogP contribution in [0.25, 0.3) is 10.9 Å². The molecule has 0 amide bonds. The van der Waals surface area contributed by atoms with E-state index in [4.69, 9.17) is 11.6 Å². The van der Waals surface area contributed by atoms with Crippen molar-refractivity contribution in [3.8, 4) is 0 Å². The Labute approximate surface area is 120 Å². The molecular formula is C15H11ClN2S. The van der Waals surface area contributed by atoms with E-state index in [1.165, 1.54) is 16.8 Å². The number of fused-ring (bicyclic) bond motifs is 1. The fraction of sp³-hybridized carbons (Fsp3) is 0.0667. The van der Waals surface area contributed by atoms with Gasteiger partial charge in [-0.1, -0.05) is 41.9 Å². The highest BCUT2D eigenvalue weighted by atomic mass is 35.5. The van der Waals surface area contributed by atoms with Crippen LogP contribution in [-0.4, -0.2) is 9.97 Å². The van der Waals surface area contributed by atoms with Gasteiger partial charge in [0.25, 0.3) is 0 Å². The second-order valence-electron chi connectivity index (χ2n) is 4.12. The van der Waals surface area contributed by atoms with Crippen LogP contribution in [-0.2, 0) is 5.75 Å². The molecule has 0 spiro atoms. The van der Waals surface area contributed by atoms with Gasteiger partial charge in [0.15, 0.2) is 0 Å². The van der Waals surface area contributed by atoms with Crippen molar-refractivity contribution in [1.29, 1.82) is 0 Å². The molecule has 0 bridgehead atoms. The van der Waals surface area contributed by atoms with E-state index < -0.39 is 0 Å². The Bertz CT molecular complexity index is 701. The summed E-state index contributed by atoms with van der Waals surface area (Å²) in [5.74, 6) is 0.950. The van der Waals surface area contributed by atoms with Crippen molar-refractivity contribution in [2.75, 3.05) is 0 Å². The molecule has 0 fully saturated rings. The van der Waals surface area contributed by atoms with Crippen LogP contribution in [0.2, 0.25) is 5.15 Å². The van der Waals surface area contributed by atoms with E-state index in [1.54, 1.807) is 11.8 Å². The summed E-state index contributed by atoms with van der Waals surface area (Å²) >= 11 is 7.82. The van der Waals surface area contributed by atoms with E-state index in [9.17, 15) is 0 Å². The van der Waals surface area contributed by atoms with E-state index >= 15 is 0 Å². The van der Waals surface area contributed by atoms with Crippen molar-refractivity contribution < 1.29 is 0 Å². The molecule has 0 radical (unpaired) electrons. The van der Waals surface area contributed by atoms with Crippen LogP contribution in [0.3, 0.4) is 0 Å². The summed E-state index contributed by atoms with van der Waals surface area (Å²) in [5, 5.41) is 1.40. The monoisotopic (exact) mass is 286 g/mol. The van der Waals surface area contributed by atoms with Gasteiger partial charge in [-0.15, -0.1) is 11.8 Å². The lowest BCUT2D eigenvalue weighted by atomic mass is 10.2. The van der Waals surface area contributed by atoms with Crippen molar-refractivity contribution in [3.63, 3.8) is 0 Å². The number of hydrogen-bond donors (Lipinski definition) is 0. The smallest absolute Gasteiger partial charge is 0.140 e. The molecule has 0 unspecified atom stereocenters. The first kappa shape index (κ1) is 12.5. The first-order valence-corrected chi connectivity index (χ1v) is 7.26. The molecule has 0 N–H and O–H groups in total. The van der Waals surface area contributed by atoms with E-state index in [0.29, 0.717) is 5.15 Å². The summed E-state index contributed by atoms with van der Waals surface area (Å²) in [7, 11) is 0. The highest BCUT2D eigenvalue weighted by molar-refractivity contribution is 7.98. The number of nitrogens with zero attached hydrogens (tertiary/aromatic N) is 2. The summed E-state index contributed by atoms with van der Waals surface area (Å²) < 4.78 is 0. The minimum absolute atomic E-state index is 0.504. The molecule has 0 saturated carbocycles. The highest BCUT2D eigenvalue weighted by Gasteiger charge is 2.03. The number of halogens is 1. The summed E-state index contributed by atoms with van der Waals surface area (Å²) in [6.45, 7) is 0. The molecule has 94 valence electrons.